The molecular weight excluding hydrogens is 262 g/mol. The second-order valence-electron chi connectivity index (χ2n) is 6.01. The summed E-state index contributed by atoms with van der Waals surface area (Å²) in [4.78, 5) is 12.4. The van der Waals surface area contributed by atoms with Gasteiger partial charge in [-0.25, -0.2) is 0 Å². The quantitative estimate of drug-likeness (QED) is 0.895. The molecular formula is C18H23NO2. The number of ether oxygens (including phenoxy) is 1. The second kappa shape index (κ2) is 6.33. The molecule has 21 heavy (non-hydrogen) atoms. The van der Waals surface area contributed by atoms with Gasteiger partial charge < -0.3 is 10.1 Å². The number of benzene rings is 1. The Kier molecular flexibility index (Phi) is 4.28. The lowest BCUT2D eigenvalue weighted by atomic mass is 9.83. The smallest absolute Gasteiger partial charge is 0.255 e. The third-order valence-electron chi connectivity index (χ3n) is 4.62. The first-order chi connectivity index (χ1) is 10.3. The van der Waals surface area contributed by atoms with Crippen molar-refractivity contribution in [1.29, 1.82) is 0 Å². The van der Waals surface area contributed by atoms with Gasteiger partial charge in [0.2, 0.25) is 0 Å². The Bertz CT molecular complexity index is 556. The van der Waals surface area contributed by atoms with E-state index < -0.39 is 0 Å². The fourth-order valence-corrected chi connectivity index (χ4v) is 3.42. The summed E-state index contributed by atoms with van der Waals surface area (Å²) in [7, 11) is 0. The summed E-state index contributed by atoms with van der Waals surface area (Å²) >= 11 is 0. The maximum atomic E-state index is 12.4. The molecule has 1 fully saturated rings. The van der Waals surface area contributed by atoms with Crippen LogP contribution in [0.15, 0.2) is 35.6 Å². The van der Waals surface area contributed by atoms with Crippen molar-refractivity contribution >= 4 is 11.6 Å². The summed E-state index contributed by atoms with van der Waals surface area (Å²) in [5.74, 6) is 1.35. The first kappa shape index (κ1) is 14.2. The summed E-state index contributed by atoms with van der Waals surface area (Å²) in [6.45, 7) is 2.49. The van der Waals surface area contributed by atoms with Crippen molar-refractivity contribution in [3.05, 3.63) is 41.2 Å². The largest absolute Gasteiger partial charge is 0.497 e. The van der Waals surface area contributed by atoms with Gasteiger partial charge in [0.05, 0.1) is 12.2 Å². The summed E-state index contributed by atoms with van der Waals surface area (Å²) in [5.41, 5.74) is 3.05. The molecule has 3 nitrogen and oxygen atoms in total. The molecule has 0 aromatic heterocycles. The minimum Gasteiger partial charge on any atom is -0.497 e. The van der Waals surface area contributed by atoms with Crippen LogP contribution in [0.25, 0.3) is 0 Å². The van der Waals surface area contributed by atoms with Crippen molar-refractivity contribution in [2.24, 2.45) is 0 Å². The number of amides is 1. The lowest BCUT2D eigenvalue weighted by Crippen LogP contribution is -2.17. The van der Waals surface area contributed by atoms with Crippen molar-refractivity contribution in [3.63, 3.8) is 0 Å². The monoisotopic (exact) mass is 285 g/mol. The number of nitrogens with one attached hydrogen (secondary N) is 1. The third kappa shape index (κ3) is 3.12. The zero-order chi connectivity index (χ0) is 14.7. The molecule has 1 amide bonds. The molecule has 0 atom stereocenters. The number of carbonyl (C=O) groups is 1. The van der Waals surface area contributed by atoms with Crippen LogP contribution in [-0.2, 0) is 9.53 Å². The van der Waals surface area contributed by atoms with E-state index in [-0.39, 0.29) is 5.91 Å². The molecule has 1 saturated carbocycles. The van der Waals surface area contributed by atoms with Crippen LogP contribution in [-0.4, -0.2) is 12.5 Å². The molecule has 1 N–H and O–H groups in total. The highest BCUT2D eigenvalue weighted by Gasteiger charge is 2.22. The van der Waals surface area contributed by atoms with Gasteiger partial charge in [-0.15, -0.1) is 0 Å². The summed E-state index contributed by atoms with van der Waals surface area (Å²) in [5, 5.41) is 3.10. The van der Waals surface area contributed by atoms with Gasteiger partial charge in [0.15, 0.2) is 0 Å². The molecule has 0 bridgehead atoms. The SMILES string of the molecule is CC1=C(C(=O)Nc2ccccc2C2CCCCC2)CCO1. The van der Waals surface area contributed by atoms with Crippen LogP contribution in [0.1, 0.15) is 56.9 Å². The molecule has 3 rings (SSSR count). The maximum Gasteiger partial charge on any atom is 0.255 e. The van der Waals surface area contributed by atoms with E-state index in [0.717, 1.165) is 17.0 Å². The average molecular weight is 285 g/mol. The van der Waals surface area contributed by atoms with Gasteiger partial charge in [-0.3, -0.25) is 4.79 Å². The topological polar surface area (TPSA) is 38.3 Å². The average Bonchev–Trinajstić information content (AvgIpc) is 2.95. The first-order valence-electron chi connectivity index (χ1n) is 7.98. The molecule has 3 heteroatoms. The van der Waals surface area contributed by atoms with Crippen molar-refractivity contribution in [3.8, 4) is 0 Å². The molecule has 2 aliphatic rings. The molecule has 1 heterocycles. The minimum absolute atomic E-state index is 0.00624. The molecule has 0 radical (unpaired) electrons. The highest BCUT2D eigenvalue weighted by molar-refractivity contribution is 6.04. The van der Waals surface area contributed by atoms with E-state index >= 15 is 0 Å². The molecule has 1 aromatic carbocycles. The Morgan fingerprint density at radius 1 is 1.19 bits per heavy atom. The predicted molar refractivity (Wildman–Crippen MR) is 84.2 cm³/mol. The van der Waals surface area contributed by atoms with Crippen molar-refractivity contribution in [2.75, 3.05) is 11.9 Å². The van der Waals surface area contributed by atoms with Crippen LogP contribution in [0.5, 0.6) is 0 Å². The number of para-hydroxylation sites is 1. The standard InChI is InChI=1S/C18H23NO2/c1-13-15(11-12-21-13)18(20)19-17-10-6-5-9-16(17)14-7-3-2-4-8-14/h5-6,9-10,14H,2-4,7-8,11-12H2,1H3,(H,19,20). The van der Waals surface area contributed by atoms with Crippen molar-refractivity contribution < 1.29 is 9.53 Å². The highest BCUT2D eigenvalue weighted by Crippen LogP contribution is 2.36. The van der Waals surface area contributed by atoms with Gasteiger partial charge in [-0.1, -0.05) is 37.5 Å². The van der Waals surface area contributed by atoms with Crippen molar-refractivity contribution in [2.45, 2.75) is 51.4 Å². The van der Waals surface area contributed by atoms with Gasteiger partial charge in [-0.2, -0.15) is 0 Å². The van der Waals surface area contributed by atoms with E-state index in [1.807, 2.05) is 19.1 Å². The van der Waals surface area contributed by atoms with Crippen molar-refractivity contribution in [1.82, 2.24) is 0 Å². The first-order valence-corrected chi connectivity index (χ1v) is 7.98. The Morgan fingerprint density at radius 3 is 2.67 bits per heavy atom. The van der Waals surface area contributed by atoms with E-state index in [1.54, 1.807) is 0 Å². The van der Waals surface area contributed by atoms with Crippen LogP contribution in [0, 0.1) is 0 Å². The lowest BCUT2D eigenvalue weighted by Gasteiger charge is -2.24. The summed E-state index contributed by atoms with van der Waals surface area (Å²) < 4.78 is 5.39. The summed E-state index contributed by atoms with van der Waals surface area (Å²) in [6, 6.07) is 8.25. The number of allylic oxidation sites excluding steroid dienone is 1. The number of hydrogen-bond donors (Lipinski definition) is 1. The predicted octanol–water partition coefficient (Wildman–Crippen LogP) is 4.37. The molecule has 0 spiro atoms. The molecule has 1 aliphatic heterocycles. The van der Waals surface area contributed by atoms with E-state index in [1.165, 1.54) is 37.7 Å². The molecule has 112 valence electrons. The van der Waals surface area contributed by atoms with E-state index in [9.17, 15) is 4.79 Å². The van der Waals surface area contributed by atoms with Gasteiger partial charge in [-0.05, 0) is 37.3 Å². The molecule has 1 aliphatic carbocycles. The number of rotatable bonds is 3. The van der Waals surface area contributed by atoms with E-state index in [0.29, 0.717) is 18.9 Å². The molecule has 0 saturated heterocycles. The van der Waals surface area contributed by atoms with Gasteiger partial charge in [0.1, 0.15) is 5.76 Å². The number of anilines is 1. The van der Waals surface area contributed by atoms with E-state index in [4.69, 9.17) is 4.74 Å². The second-order valence-corrected chi connectivity index (χ2v) is 6.01. The van der Waals surface area contributed by atoms with Crippen LogP contribution < -0.4 is 5.32 Å². The lowest BCUT2D eigenvalue weighted by molar-refractivity contribution is -0.113. The summed E-state index contributed by atoms with van der Waals surface area (Å²) in [6.07, 6.45) is 7.11. The Hall–Kier alpha value is -1.77. The minimum atomic E-state index is -0.00624. The highest BCUT2D eigenvalue weighted by atomic mass is 16.5. The fourth-order valence-electron chi connectivity index (χ4n) is 3.42. The zero-order valence-electron chi connectivity index (χ0n) is 12.7. The van der Waals surface area contributed by atoms with Gasteiger partial charge >= 0.3 is 0 Å². The zero-order valence-corrected chi connectivity index (χ0v) is 12.7. The molecule has 0 unspecified atom stereocenters. The maximum absolute atomic E-state index is 12.4. The number of carbonyl (C=O) groups excluding carboxylic acids is 1. The fraction of sp³-hybridized carbons (Fsp3) is 0.500. The molecule has 1 aromatic rings. The van der Waals surface area contributed by atoms with E-state index in [2.05, 4.69) is 17.4 Å². The van der Waals surface area contributed by atoms with Gasteiger partial charge in [0, 0.05) is 12.1 Å². The Balaban J connectivity index is 1.79. The normalized spacial score (nSPS) is 19.5. The van der Waals surface area contributed by atoms with Crippen LogP contribution >= 0.6 is 0 Å². The van der Waals surface area contributed by atoms with Gasteiger partial charge in [0.25, 0.3) is 5.91 Å². The third-order valence-corrected chi connectivity index (χ3v) is 4.62. The van der Waals surface area contributed by atoms with Crippen LogP contribution in [0.2, 0.25) is 0 Å². The van der Waals surface area contributed by atoms with Crippen LogP contribution in [0.3, 0.4) is 0 Å². The number of hydrogen-bond acceptors (Lipinski definition) is 2. The van der Waals surface area contributed by atoms with Crippen LogP contribution in [0.4, 0.5) is 5.69 Å². The Labute approximate surface area is 126 Å². The Morgan fingerprint density at radius 2 is 1.95 bits per heavy atom.